The van der Waals surface area contributed by atoms with E-state index in [2.05, 4.69) is 10.1 Å². The summed E-state index contributed by atoms with van der Waals surface area (Å²) in [6.45, 7) is 0.102. The number of nitro groups is 1. The fourth-order valence-electron chi connectivity index (χ4n) is 2.25. The SMILES string of the molecule is COC(=O)c1ccc(OCC(=O)NCCSCc2ccccc2)c([N+](=O)[O-])c1. The van der Waals surface area contributed by atoms with Gasteiger partial charge >= 0.3 is 11.7 Å². The van der Waals surface area contributed by atoms with Crippen molar-refractivity contribution in [3.05, 3.63) is 69.8 Å². The molecule has 0 saturated carbocycles. The van der Waals surface area contributed by atoms with E-state index in [1.807, 2.05) is 30.3 Å². The van der Waals surface area contributed by atoms with Crippen LogP contribution in [0.1, 0.15) is 15.9 Å². The molecular weight excluding hydrogens is 384 g/mol. The summed E-state index contributed by atoms with van der Waals surface area (Å²) in [6, 6.07) is 13.7. The highest BCUT2D eigenvalue weighted by atomic mass is 32.2. The normalized spacial score (nSPS) is 10.2. The lowest BCUT2D eigenvalue weighted by Crippen LogP contribution is -2.30. The Morgan fingerprint density at radius 3 is 2.61 bits per heavy atom. The number of hydrogen-bond acceptors (Lipinski definition) is 7. The maximum absolute atomic E-state index is 11.9. The number of benzene rings is 2. The van der Waals surface area contributed by atoms with Gasteiger partial charge in [0, 0.05) is 24.1 Å². The summed E-state index contributed by atoms with van der Waals surface area (Å²) in [6.07, 6.45) is 0. The molecule has 0 fully saturated rings. The van der Waals surface area contributed by atoms with Crippen molar-refractivity contribution in [3.8, 4) is 5.75 Å². The van der Waals surface area contributed by atoms with Gasteiger partial charge in [-0.15, -0.1) is 0 Å². The van der Waals surface area contributed by atoms with Crippen LogP contribution in [-0.2, 0) is 15.3 Å². The zero-order chi connectivity index (χ0) is 20.4. The third-order valence-corrected chi connectivity index (χ3v) is 4.65. The van der Waals surface area contributed by atoms with Crippen molar-refractivity contribution in [1.82, 2.24) is 5.32 Å². The average Bonchev–Trinajstić information content (AvgIpc) is 2.72. The summed E-state index contributed by atoms with van der Waals surface area (Å²) in [5.74, 6) is 0.416. The second-order valence-corrected chi connectivity index (χ2v) is 6.71. The van der Waals surface area contributed by atoms with Crippen LogP contribution in [0.2, 0.25) is 0 Å². The first-order chi connectivity index (χ1) is 13.5. The molecule has 0 atom stereocenters. The lowest BCUT2D eigenvalue weighted by atomic mass is 10.2. The number of nitrogens with zero attached hydrogens (tertiary/aromatic N) is 1. The molecule has 28 heavy (non-hydrogen) atoms. The van der Waals surface area contributed by atoms with Gasteiger partial charge in [-0.1, -0.05) is 30.3 Å². The second kappa shape index (κ2) is 10.9. The lowest BCUT2D eigenvalue weighted by Gasteiger charge is -2.09. The van der Waals surface area contributed by atoms with Gasteiger partial charge in [-0.05, 0) is 17.7 Å². The zero-order valence-corrected chi connectivity index (χ0v) is 16.1. The fourth-order valence-corrected chi connectivity index (χ4v) is 3.07. The second-order valence-electron chi connectivity index (χ2n) is 5.61. The van der Waals surface area contributed by atoms with Crippen molar-refractivity contribution in [2.24, 2.45) is 0 Å². The molecule has 0 aromatic heterocycles. The van der Waals surface area contributed by atoms with Gasteiger partial charge in [-0.25, -0.2) is 4.79 Å². The Labute approximate surface area is 166 Å². The van der Waals surface area contributed by atoms with E-state index in [0.29, 0.717) is 6.54 Å². The van der Waals surface area contributed by atoms with Gasteiger partial charge in [0.2, 0.25) is 0 Å². The predicted molar refractivity (Wildman–Crippen MR) is 106 cm³/mol. The highest BCUT2D eigenvalue weighted by molar-refractivity contribution is 7.98. The Bertz CT molecular complexity index is 828. The van der Waals surface area contributed by atoms with E-state index in [0.717, 1.165) is 17.6 Å². The monoisotopic (exact) mass is 404 g/mol. The van der Waals surface area contributed by atoms with Crippen LogP contribution in [0.4, 0.5) is 5.69 Å². The molecular formula is C19H20N2O6S. The minimum Gasteiger partial charge on any atom is -0.477 e. The maximum Gasteiger partial charge on any atom is 0.338 e. The number of thioether (sulfide) groups is 1. The number of ether oxygens (including phenoxy) is 2. The first-order valence-electron chi connectivity index (χ1n) is 8.39. The van der Waals surface area contributed by atoms with Crippen LogP contribution in [0.15, 0.2) is 48.5 Å². The minimum absolute atomic E-state index is 0.0291. The van der Waals surface area contributed by atoms with Crippen LogP contribution in [-0.4, -0.2) is 42.8 Å². The molecule has 0 radical (unpaired) electrons. The molecule has 2 aromatic rings. The molecule has 148 valence electrons. The van der Waals surface area contributed by atoms with Gasteiger partial charge in [-0.3, -0.25) is 14.9 Å². The van der Waals surface area contributed by atoms with Crippen LogP contribution in [0.3, 0.4) is 0 Å². The summed E-state index contributed by atoms with van der Waals surface area (Å²) in [7, 11) is 1.18. The van der Waals surface area contributed by atoms with Gasteiger partial charge in [0.25, 0.3) is 5.91 Å². The summed E-state index contributed by atoms with van der Waals surface area (Å²) in [4.78, 5) is 33.8. The largest absolute Gasteiger partial charge is 0.477 e. The van der Waals surface area contributed by atoms with Gasteiger partial charge in [-0.2, -0.15) is 11.8 Å². The van der Waals surface area contributed by atoms with E-state index in [-0.39, 0.29) is 23.8 Å². The number of esters is 1. The van der Waals surface area contributed by atoms with Crippen LogP contribution >= 0.6 is 11.8 Å². The van der Waals surface area contributed by atoms with Crippen molar-refractivity contribution in [1.29, 1.82) is 0 Å². The van der Waals surface area contributed by atoms with Gasteiger partial charge in [0.05, 0.1) is 17.6 Å². The van der Waals surface area contributed by atoms with Crippen molar-refractivity contribution in [3.63, 3.8) is 0 Å². The fraction of sp³-hybridized carbons (Fsp3) is 0.263. The number of methoxy groups -OCH3 is 1. The number of rotatable bonds is 10. The Balaban J connectivity index is 1.77. The van der Waals surface area contributed by atoms with E-state index >= 15 is 0 Å². The lowest BCUT2D eigenvalue weighted by molar-refractivity contribution is -0.385. The average molecular weight is 404 g/mol. The third kappa shape index (κ3) is 6.58. The molecule has 0 saturated heterocycles. The molecule has 1 N–H and O–H groups in total. The van der Waals surface area contributed by atoms with Gasteiger partial charge in [0.1, 0.15) is 0 Å². The summed E-state index contributed by atoms with van der Waals surface area (Å²) >= 11 is 1.69. The summed E-state index contributed by atoms with van der Waals surface area (Å²) in [5, 5.41) is 13.9. The summed E-state index contributed by atoms with van der Waals surface area (Å²) in [5.41, 5.74) is 0.834. The third-order valence-electron chi connectivity index (χ3n) is 3.62. The zero-order valence-electron chi connectivity index (χ0n) is 15.3. The van der Waals surface area contributed by atoms with Gasteiger partial charge < -0.3 is 14.8 Å². The molecule has 0 heterocycles. The molecule has 0 aliphatic carbocycles. The first kappa shape index (κ1) is 21.2. The number of carbonyl (C=O) groups excluding carboxylic acids is 2. The van der Waals surface area contributed by atoms with Crippen molar-refractivity contribution >= 4 is 29.3 Å². The molecule has 0 spiro atoms. The molecule has 0 aliphatic heterocycles. The molecule has 2 rings (SSSR count). The van der Waals surface area contributed by atoms with Crippen LogP contribution in [0.5, 0.6) is 5.75 Å². The Kier molecular flexibility index (Phi) is 8.29. The van der Waals surface area contributed by atoms with E-state index in [1.165, 1.54) is 24.8 Å². The number of carbonyl (C=O) groups is 2. The highest BCUT2D eigenvalue weighted by Crippen LogP contribution is 2.28. The Morgan fingerprint density at radius 2 is 1.93 bits per heavy atom. The standard InChI is InChI=1S/C19H20N2O6S/c1-26-19(23)15-7-8-17(16(11-15)21(24)25)27-12-18(22)20-9-10-28-13-14-5-3-2-4-6-14/h2-8,11H,9-10,12-13H2,1H3,(H,20,22). The van der Waals surface area contributed by atoms with Crippen LogP contribution in [0.25, 0.3) is 0 Å². The topological polar surface area (TPSA) is 108 Å². The van der Waals surface area contributed by atoms with E-state index < -0.39 is 16.6 Å². The van der Waals surface area contributed by atoms with Crippen molar-refractivity contribution in [2.75, 3.05) is 26.0 Å². The first-order valence-corrected chi connectivity index (χ1v) is 9.54. The van der Waals surface area contributed by atoms with Crippen molar-refractivity contribution < 1.29 is 24.0 Å². The molecule has 0 unspecified atom stereocenters. The number of nitro benzene ring substituents is 1. The molecule has 8 nitrogen and oxygen atoms in total. The number of nitrogens with one attached hydrogen (secondary N) is 1. The van der Waals surface area contributed by atoms with Crippen LogP contribution < -0.4 is 10.1 Å². The van der Waals surface area contributed by atoms with Gasteiger partial charge in [0.15, 0.2) is 12.4 Å². The molecule has 0 bridgehead atoms. The quantitative estimate of drug-likeness (QED) is 0.281. The minimum atomic E-state index is -0.694. The van der Waals surface area contributed by atoms with Crippen LogP contribution in [0, 0.1) is 10.1 Å². The van der Waals surface area contributed by atoms with E-state index in [4.69, 9.17) is 4.74 Å². The smallest absolute Gasteiger partial charge is 0.338 e. The Hall–Kier alpha value is -3.07. The van der Waals surface area contributed by atoms with E-state index in [9.17, 15) is 19.7 Å². The van der Waals surface area contributed by atoms with Crippen molar-refractivity contribution in [2.45, 2.75) is 5.75 Å². The number of amides is 1. The molecule has 2 aromatic carbocycles. The molecule has 9 heteroatoms. The Morgan fingerprint density at radius 1 is 1.18 bits per heavy atom. The number of hydrogen-bond donors (Lipinski definition) is 1. The predicted octanol–water partition coefficient (Wildman–Crippen LogP) is 2.81. The summed E-state index contributed by atoms with van der Waals surface area (Å²) < 4.78 is 9.78. The highest BCUT2D eigenvalue weighted by Gasteiger charge is 2.19. The molecule has 1 amide bonds. The van der Waals surface area contributed by atoms with E-state index in [1.54, 1.807) is 11.8 Å². The maximum atomic E-state index is 11.9. The molecule has 0 aliphatic rings.